The Morgan fingerprint density at radius 2 is 2.06 bits per heavy atom. The second-order valence-corrected chi connectivity index (χ2v) is 9.05. The molecule has 0 saturated carbocycles. The number of aromatic amines is 1. The molecule has 9 nitrogen and oxygen atoms in total. The highest BCUT2D eigenvalue weighted by molar-refractivity contribution is 5.98. The van der Waals surface area contributed by atoms with E-state index < -0.39 is 0 Å². The summed E-state index contributed by atoms with van der Waals surface area (Å²) in [5.41, 5.74) is 11.2. The van der Waals surface area contributed by atoms with Crippen molar-refractivity contribution in [3.05, 3.63) is 54.0 Å². The number of hydrogen-bond acceptors (Lipinski definition) is 7. The van der Waals surface area contributed by atoms with E-state index in [1.165, 1.54) is 5.57 Å². The first-order chi connectivity index (χ1) is 16.2. The number of nitrogens with one attached hydrogen (secondary N) is 1. The number of piperidine rings is 1. The van der Waals surface area contributed by atoms with Crippen molar-refractivity contribution in [2.45, 2.75) is 30.9 Å². The summed E-state index contributed by atoms with van der Waals surface area (Å²) in [6.45, 7) is 2.93. The van der Waals surface area contributed by atoms with E-state index in [0.29, 0.717) is 18.9 Å². The minimum absolute atomic E-state index is 0.110. The molecule has 168 valence electrons. The van der Waals surface area contributed by atoms with Crippen LogP contribution in [0.3, 0.4) is 0 Å². The van der Waals surface area contributed by atoms with E-state index >= 15 is 0 Å². The maximum atomic E-state index is 6.66. The smallest absolute Gasteiger partial charge is 0.213 e. The van der Waals surface area contributed by atoms with Crippen LogP contribution in [0, 0.1) is 0 Å². The molecule has 0 radical (unpaired) electrons. The topological polar surface area (TPSA) is 107 Å². The van der Waals surface area contributed by atoms with Gasteiger partial charge in [-0.1, -0.05) is 24.3 Å². The lowest BCUT2D eigenvalue weighted by atomic mass is 9.83. The Morgan fingerprint density at radius 3 is 2.88 bits per heavy atom. The summed E-state index contributed by atoms with van der Waals surface area (Å²) >= 11 is 0. The van der Waals surface area contributed by atoms with Crippen molar-refractivity contribution in [1.82, 2.24) is 24.6 Å². The summed E-state index contributed by atoms with van der Waals surface area (Å²) < 4.78 is 14.0. The molecule has 7 rings (SSSR count). The van der Waals surface area contributed by atoms with Gasteiger partial charge in [0, 0.05) is 43.9 Å². The monoisotopic (exact) mass is 443 g/mol. The zero-order valence-electron chi connectivity index (χ0n) is 18.2. The normalized spacial score (nSPS) is 22.0. The number of para-hydroxylation sites is 1. The van der Waals surface area contributed by atoms with Crippen LogP contribution in [-0.4, -0.2) is 56.5 Å². The molecule has 1 saturated heterocycles. The number of rotatable bonds is 2. The van der Waals surface area contributed by atoms with Crippen molar-refractivity contribution in [3.8, 4) is 5.75 Å². The molecule has 9 heteroatoms. The lowest BCUT2D eigenvalue weighted by molar-refractivity contribution is 0.0429. The van der Waals surface area contributed by atoms with Gasteiger partial charge in [0.25, 0.3) is 0 Å². The number of fused-ring (bicyclic) bond motifs is 4. The number of anilines is 1. The number of benzene rings is 1. The number of H-pyrrole nitrogens is 1. The van der Waals surface area contributed by atoms with Gasteiger partial charge in [-0.2, -0.15) is 10.1 Å². The van der Waals surface area contributed by atoms with Crippen LogP contribution in [0.2, 0.25) is 0 Å². The molecule has 0 amide bonds. The Morgan fingerprint density at radius 1 is 1.18 bits per heavy atom. The Labute approximate surface area is 190 Å². The van der Waals surface area contributed by atoms with Gasteiger partial charge in [0.1, 0.15) is 11.4 Å². The zero-order valence-corrected chi connectivity index (χ0v) is 18.2. The Hall–Kier alpha value is -3.43. The van der Waals surface area contributed by atoms with Gasteiger partial charge < -0.3 is 20.1 Å². The van der Waals surface area contributed by atoms with Crippen molar-refractivity contribution in [2.75, 3.05) is 31.2 Å². The molecule has 3 N–H and O–H groups in total. The highest BCUT2D eigenvalue weighted by atomic mass is 16.5. The first-order valence-corrected chi connectivity index (χ1v) is 11.5. The highest BCUT2D eigenvalue weighted by Gasteiger charge is 2.48. The molecule has 1 fully saturated rings. The summed E-state index contributed by atoms with van der Waals surface area (Å²) in [6, 6.07) is 8.02. The Bertz CT molecular complexity index is 1400. The van der Waals surface area contributed by atoms with Crippen LogP contribution in [0.1, 0.15) is 36.6 Å². The van der Waals surface area contributed by atoms with Crippen LogP contribution in [0.15, 0.2) is 42.7 Å². The SMILES string of the molecule is N[C@@H]1c2ccccc2OC12CCN(c1nc3n[nH]c(C4=CCOCC4)c3c3nccn13)CC2. The number of imidazole rings is 1. The van der Waals surface area contributed by atoms with Gasteiger partial charge in [-0.15, -0.1) is 0 Å². The van der Waals surface area contributed by atoms with Gasteiger partial charge in [-0.05, 0) is 18.1 Å². The van der Waals surface area contributed by atoms with Gasteiger partial charge in [0.2, 0.25) is 5.95 Å². The summed E-state index contributed by atoms with van der Waals surface area (Å²) in [5.74, 6) is 1.77. The van der Waals surface area contributed by atoms with E-state index in [1.807, 2.05) is 30.6 Å². The van der Waals surface area contributed by atoms with E-state index in [2.05, 4.69) is 36.6 Å². The van der Waals surface area contributed by atoms with Gasteiger partial charge in [-0.3, -0.25) is 9.50 Å². The molecule has 3 aliphatic heterocycles. The highest BCUT2D eigenvalue weighted by Crippen LogP contribution is 2.47. The first kappa shape index (κ1) is 19.1. The van der Waals surface area contributed by atoms with Crippen molar-refractivity contribution < 1.29 is 9.47 Å². The van der Waals surface area contributed by atoms with E-state index in [1.54, 1.807) is 0 Å². The summed E-state index contributed by atoms with van der Waals surface area (Å²) in [6.07, 6.45) is 8.42. The van der Waals surface area contributed by atoms with E-state index in [0.717, 1.165) is 66.3 Å². The predicted molar refractivity (Wildman–Crippen MR) is 124 cm³/mol. The Kier molecular flexibility index (Phi) is 4.07. The summed E-state index contributed by atoms with van der Waals surface area (Å²) in [7, 11) is 0. The molecule has 1 atom stereocenters. The fourth-order valence-corrected chi connectivity index (χ4v) is 5.53. The molecule has 1 aromatic carbocycles. The quantitative estimate of drug-likeness (QED) is 0.491. The molecule has 0 unspecified atom stereocenters. The molecule has 4 aromatic rings. The lowest BCUT2D eigenvalue weighted by Crippen LogP contribution is -2.52. The number of ether oxygens (including phenoxy) is 2. The lowest BCUT2D eigenvalue weighted by Gasteiger charge is -2.41. The third-order valence-corrected chi connectivity index (χ3v) is 7.34. The van der Waals surface area contributed by atoms with Crippen LogP contribution in [-0.2, 0) is 4.74 Å². The van der Waals surface area contributed by atoms with Crippen molar-refractivity contribution >= 4 is 28.2 Å². The average Bonchev–Trinajstić information content (AvgIpc) is 3.57. The van der Waals surface area contributed by atoms with Crippen LogP contribution in [0.4, 0.5) is 5.95 Å². The van der Waals surface area contributed by atoms with Crippen LogP contribution in [0.25, 0.3) is 22.3 Å². The molecule has 1 spiro atoms. The van der Waals surface area contributed by atoms with Gasteiger partial charge in [0.15, 0.2) is 11.3 Å². The van der Waals surface area contributed by atoms with E-state index in [-0.39, 0.29) is 11.6 Å². The maximum Gasteiger partial charge on any atom is 0.213 e. The van der Waals surface area contributed by atoms with Crippen molar-refractivity contribution in [1.29, 1.82) is 0 Å². The minimum atomic E-state index is -0.354. The van der Waals surface area contributed by atoms with Gasteiger partial charge in [0.05, 0.1) is 30.3 Å². The second kappa shape index (κ2) is 7.03. The molecule has 6 heterocycles. The number of hydrogen-bond donors (Lipinski definition) is 2. The zero-order chi connectivity index (χ0) is 22.0. The molecular formula is C24H25N7O2. The van der Waals surface area contributed by atoms with E-state index in [4.69, 9.17) is 20.2 Å². The number of aromatic nitrogens is 5. The van der Waals surface area contributed by atoms with Gasteiger partial charge in [-0.25, -0.2) is 4.98 Å². The van der Waals surface area contributed by atoms with Gasteiger partial charge >= 0.3 is 0 Å². The predicted octanol–water partition coefficient (Wildman–Crippen LogP) is 2.84. The van der Waals surface area contributed by atoms with Crippen molar-refractivity contribution in [2.24, 2.45) is 5.73 Å². The molecule has 3 aromatic heterocycles. The fourth-order valence-electron chi connectivity index (χ4n) is 5.53. The van der Waals surface area contributed by atoms with E-state index in [9.17, 15) is 0 Å². The Balaban J connectivity index is 1.23. The molecule has 0 aliphatic carbocycles. The van der Waals surface area contributed by atoms with Crippen LogP contribution in [0.5, 0.6) is 5.75 Å². The standard InChI is InChI=1S/C24H25N7O2/c25-20-16-3-1-2-4-17(16)33-24(20)7-10-30(11-8-24)23-27-21-18(22-26-9-12-31(22)23)19(28-29-21)15-5-13-32-14-6-15/h1-5,9,12,20H,6-8,10-11,13-14,25H2,(H,28,29)/t20-/m1/s1. The second-order valence-electron chi connectivity index (χ2n) is 9.05. The molecule has 0 bridgehead atoms. The molecule has 3 aliphatic rings. The maximum absolute atomic E-state index is 6.66. The molecule has 33 heavy (non-hydrogen) atoms. The number of nitrogens with two attached hydrogens (primary N) is 1. The van der Waals surface area contributed by atoms with Crippen LogP contribution >= 0.6 is 0 Å². The average molecular weight is 444 g/mol. The summed E-state index contributed by atoms with van der Waals surface area (Å²) in [4.78, 5) is 11.9. The first-order valence-electron chi connectivity index (χ1n) is 11.5. The fraction of sp³-hybridized carbons (Fsp3) is 0.375. The largest absolute Gasteiger partial charge is 0.485 e. The van der Waals surface area contributed by atoms with Crippen molar-refractivity contribution in [3.63, 3.8) is 0 Å². The minimum Gasteiger partial charge on any atom is -0.485 e. The number of nitrogens with zero attached hydrogens (tertiary/aromatic N) is 5. The molecular weight excluding hydrogens is 418 g/mol. The van der Waals surface area contributed by atoms with Crippen LogP contribution < -0.4 is 15.4 Å². The third kappa shape index (κ3) is 2.75. The summed E-state index contributed by atoms with van der Waals surface area (Å²) in [5, 5.41) is 8.71. The third-order valence-electron chi connectivity index (χ3n) is 7.34.